The monoisotopic (exact) mass is 385 g/mol. The fraction of sp³-hybridized carbons (Fsp3) is 0.150. The summed E-state index contributed by atoms with van der Waals surface area (Å²) in [5.41, 5.74) is 3.44. The number of sulfonamides is 1. The van der Waals surface area contributed by atoms with E-state index in [0.717, 1.165) is 17.3 Å². The van der Waals surface area contributed by atoms with E-state index in [2.05, 4.69) is 21.1 Å². The highest BCUT2D eigenvalue weighted by Crippen LogP contribution is 2.20. The summed E-state index contributed by atoms with van der Waals surface area (Å²) in [5.74, 6) is -0.284. The highest BCUT2D eigenvalue weighted by atomic mass is 32.2. The Bertz CT molecular complexity index is 1050. The fourth-order valence-electron chi connectivity index (χ4n) is 2.69. The maximum absolute atomic E-state index is 13.2. The van der Waals surface area contributed by atoms with Crippen molar-refractivity contribution < 1.29 is 12.8 Å². The molecule has 140 valence electrons. The van der Waals surface area contributed by atoms with E-state index in [4.69, 9.17) is 0 Å². The molecule has 1 heterocycles. The van der Waals surface area contributed by atoms with E-state index >= 15 is 0 Å². The number of nitrogens with one attached hydrogen (secondary N) is 2. The molecule has 0 fully saturated rings. The number of rotatable bonds is 6. The van der Waals surface area contributed by atoms with E-state index in [1.165, 1.54) is 17.7 Å². The molecular weight excluding hydrogens is 365 g/mol. The van der Waals surface area contributed by atoms with Crippen molar-refractivity contribution in [3.8, 4) is 0 Å². The lowest BCUT2D eigenvalue weighted by molar-refractivity contribution is 0.598. The van der Waals surface area contributed by atoms with Gasteiger partial charge in [-0.05, 0) is 55.3 Å². The van der Waals surface area contributed by atoms with Gasteiger partial charge < -0.3 is 5.32 Å². The second-order valence-corrected chi connectivity index (χ2v) is 7.94. The third-order valence-electron chi connectivity index (χ3n) is 4.01. The summed E-state index contributed by atoms with van der Waals surface area (Å²) in [6.07, 6.45) is 1.56. The molecule has 0 radical (unpaired) electrons. The topological polar surface area (TPSA) is 71.1 Å². The molecule has 0 unspecified atom stereocenters. The van der Waals surface area contributed by atoms with Gasteiger partial charge in [0.15, 0.2) is 0 Å². The Morgan fingerprint density at radius 3 is 2.52 bits per heavy atom. The summed E-state index contributed by atoms with van der Waals surface area (Å²) in [6, 6.07) is 15.0. The van der Waals surface area contributed by atoms with Gasteiger partial charge in [0.05, 0.1) is 16.8 Å². The quantitative estimate of drug-likeness (QED) is 0.665. The number of aryl methyl sites for hydroxylation is 2. The highest BCUT2D eigenvalue weighted by molar-refractivity contribution is 7.92. The van der Waals surface area contributed by atoms with Gasteiger partial charge in [-0.15, -0.1) is 0 Å². The van der Waals surface area contributed by atoms with Crippen LogP contribution in [0.2, 0.25) is 0 Å². The first kappa shape index (κ1) is 18.8. The lowest BCUT2D eigenvalue weighted by atomic mass is 10.1. The summed E-state index contributed by atoms with van der Waals surface area (Å²) < 4.78 is 40.5. The van der Waals surface area contributed by atoms with Crippen LogP contribution in [0, 0.1) is 19.7 Å². The van der Waals surface area contributed by atoms with Crippen LogP contribution >= 0.6 is 0 Å². The summed E-state index contributed by atoms with van der Waals surface area (Å²) in [6.45, 7) is 4.22. The number of hydrogen-bond donors (Lipinski definition) is 2. The van der Waals surface area contributed by atoms with Gasteiger partial charge in [-0.25, -0.2) is 17.8 Å². The smallest absolute Gasteiger partial charge is 0.263 e. The number of nitrogens with zero attached hydrogens (tertiary/aromatic N) is 1. The van der Waals surface area contributed by atoms with Crippen LogP contribution < -0.4 is 10.0 Å². The largest absolute Gasteiger partial charge is 0.380 e. The number of anilines is 2. The van der Waals surface area contributed by atoms with Crippen molar-refractivity contribution in [2.75, 3.05) is 10.0 Å². The van der Waals surface area contributed by atoms with Crippen molar-refractivity contribution >= 4 is 21.5 Å². The lowest BCUT2D eigenvalue weighted by Gasteiger charge is -2.11. The zero-order valence-electron chi connectivity index (χ0n) is 15.0. The first-order valence-electron chi connectivity index (χ1n) is 8.38. The summed E-state index contributed by atoms with van der Waals surface area (Å²) in [4.78, 5) is 4.16. The van der Waals surface area contributed by atoms with Gasteiger partial charge in [0, 0.05) is 6.54 Å². The van der Waals surface area contributed by atoms with Crippen molar-refractivity contribution in [1.29, 1.82) is 0 Å². The minimum atomic E-state index is -3.83. The third-order valence-corrected chi connectivity index (χ3v) is 5.52. The molecule has 3 rings (SSSR count). The van der Waals surface area contributed by atoms with Crippen LogP contribution in [0.25, 0.3) is 0 Å². The number of hydrogen-bond acceptors (Lipinski definition) is 4. The van der Waals surface area contributed by atoms with Crippen LogP contribution in [0.4, 0.5) is 15.9 Å². The molecule has 1 aromatic heterocycles. The number of halogens is 1. The Kier molecular flexibility index (Phi) is 5.41. The zero-order valence-corrected chi connectivity index (χ0v) is 15.8. The maximum atomic E-state index is 13.2. The highest BCUT2D eigenvalue weighted by Gasteiger charge is 2.17. The summed E-state index contributed by atoms with van der Waals surface area (Å²) in [7, 11) is -3.83. The first-order chi connectivity index (χ1) is 12.8. The molecule has 5 nitrogen and oxygen atoms in total. The lowest BCUT2D eigenvalue weighted by Crippen LogP contribution is -2.15. The molecule has 2 aromatic carbocycles. The van der Waals surface area contributed by atoms with Crippen LogP contribution in [-0.4, -0.2) is 13.4 Å². The van der Waals surface area contributed by atoms with Crippen molar-refractivity contribution in [3.05, 3.63) is 83.3 Å². The predicted octanol–water partition coefficient (Wildman–Crippen LogP) is 4.25. The van der Waals surface area contributed by atoms with Gasteiger partial charge >= 0.3 is 0 Å². The van der Waals surface area contributed by atoms with Crippen molar-refractivity contribution in [2.24, 2.45) is 0 Å². The second-order valence-electron chi connectivity index (χ2n) is 6.29. The molecule has 0 aliphatic rings. The van der Waals surface area contributed by atoms with Gasteiger partial charge in [-0.1, -0.05) is 29.8 Å². The van der Waals surface area contributed by atoms with Gasteiger partial charge in [-0.2, -0.15) is 0 Å². The van der Waals surface area contributed by atoms with E-state index in [1.54, 1.807) is 25.3 Å². The zero-order chi connectivity index (χ0) is 19.4. The molecule has 7 heteroatoms. The minimum absolute atomic E-state index is 0.0207. The SMILES string of the molecule is Cc1cccc(CNc2ccc(NS(=O)(=O)c3ccc(F)cc3C)nc2)c1. The van der Waals surface area contributed by atoms with Gasteiger partial charge in [0.1, 0.15) is 11.6 Å². The van der Waals surface area contributed by atoms with Crippen LogP contribution in [0.15, 0.2) is 65.7 Å². The van der Waals surface area contributed by atoms with Crippen LogP contribution in [-0.2, 0) is 16.6 Å². The Morgan fingerprint density at radius 1 is 1.04 bits per heavy atom. The van der Waals surface area contributed by atoms with Gasteiger partial charge in [-0.3, -0.25) is 4.72 Å². The normalized spacial score (nSPS) is 11.2. The molecule has 0 atom stereocenters. The van der Waals surface area contributed by atoms with Crippen LogP contribution in [0.1, 0.15) is 16.7 Å². The Morgan fingerprint density at radius 2 is 1.85 bits per heavy atom. The first-order valence-corrected chi connectivity index (χ1v) is 9.86. The van der Waals surface area contributed by atoms with E-state index in [1.807, 2.05) is 25.1 Å². The molecule has 0 saturated carbocycles. The second kappa shape index (κ2) is 7.75. The molecule has 0 amide bonds. The molecule has 0 aliphatic heterocycles. The average Bonchev–Trinajstić information content (AvgIpc) is 2.60. The standard InChI is InChI=1S/C20H20FN3O2S/c1-14-4-3-5-16(10-14)12-22-18-7-9-20(23-13-18)24-27(25,26)19-8-6-17(21)11-15(19)2/h3-11,13,22H,12H2,1-2H3,(H,23,24). The van der Waals surface area contributed by atoms with E-state index in [-0.39, 0.29) is 10.7 Å². The molecule has 0 bridgehead atoms. The molecule has 27 heavy (non-hydrogen) atoms. The molecule has 0 spiro atoms. The van der Waals surface area contributed by atoms with Crippen molar-refractivity contribution in [3.63, 3.8) is 0 Å². The summed E-state index contributed by atoms with van der Waals surface area (Å²) in [5, 5.41) is 3.24. The molecule has 0 aliphatic carbocycles. The Balaban J connectivity index is 1.68. The van der Waals surface area contributed by atoms with Gasteiger partial charge in [0.2, 0.25) is 0 Å². The predicted molar refractivity (Wildman–Crippen MR) is 105 cm³/mol. The molecule has 0 saturated heterocycles. The summed E-state index contributed by atoms with van der Waals surface area (Å²) >= 11 is 0. The maximum Gasteiger partial charge on any atom is 0.263 e. The third kappa shape index (κ3) is 4.83. The number of benzene rings is 2. The minimum Gasteiger partial charge on any atom is -0.380 e. The fourth-order valence-corrected chi connectivity index (χ4v) is 3.93. The van der Waals surface area contributed by atoms with Crippen LogP contribution in [0.5, 0.6) is 0 Å². The number of pyridine rings is 1. The van der Waals surface area contributed by atoms with Crippen molar-refractivity contribution in [1.82, 2.24) is 4.98 Å². The van der Waals surface area contributed by atoms with E-state index in [0.29, 0.717) is 12.1 Å². The average molecular weight is 385 g/mol. The van der Waals surface area contributed by atoms with Crippen molar-refractivity contribution in [2.45, 2.75) is 25.3 Å². The molecule has 3 aromatic rings. The van der Waals surface area contributed by atoms with Crippen LogP contribution in [0.3, 0.4) is 0 Å². The van der Waals surface area contributed by atoms with E-state index < -0.39 is 15.8 Å². The Hall–Kier alpha value is -2.93. The molecular formula is C20H20FN3O2S. The number of aromatic nitrogens is 1. The molecule has 2 N–H and O–H groups in total. The Labute approximate surface area is 158 Å². The van der Waals surface area contributed by atoms with E-state index in [9.17, 15) is 12.8 Å². The van der Waals surface area contributed by atoms with Gasteiger partial charge in [0.25, 0.3) is 10.0 Å².